The standard InChI is InChI=1S/C6H6ClN5O/c1-13-5-4-10-6(8)11-12(4)2-3(7)9-5/h2H,1H3,(H2,8,11). The molecule has 2 heterocycles. The van der Waals surface area contributed by atoms with E-state index in [0.717, 1.165) is 0 Å². The number of hydrogen-bond acceptors (Lipinski definition) is 5. The molecule has 0 aliphatic carbocycles. The molecule has 0 bridgehead atoms. The second kappa shape index (κ2) is 2.74. The molecule has 0 unspecified atom stereocenters. The molecular formula is C6H6ClN5O. The third kappa shape index (κ3) is 1.25. The van der Waals surface area contributed by atoms with Gasteiger partial charge >= 0.3 is 0 Å². The number of methoxy groups -OCH3 is 1. The van der Waals surface area contributed by atoms with Gasteiger partial charge < -0.3 is 10.5 Å². The van der Waals surface area contributed by atoms with Crippen LogP contribution in [0.5, 0.6) is 5.88 Å². The molecule has 6 nitrogen and oxygen atoms in total. The number of halogens is 1. The Morgan fingerprint density at radius 2 is 2.31 bits per heavy atom. The average molecular weight is 200 g/mol. The van der Waals surface area contributed by atoms with E-state index in [0.29, 0.717) is 11.5 Å². The molecule has 0 fully saturated rings. The largest absolute Gasteiger partial charge is 0.478 e. The Balaban J connectivity index is 2.80. The first-order valence-electron chi connectivity index (χ1n) is 3.43. The Bertz CT molecular complexity index is 453. The van der Waals surface area contributed by atoms with E-state index >= 15 is 0 Å². The summed E-state index contributed by atoms with van der Waals surface area (Å²) in [5.41, 5.74) is 5.84. The zero-order chi connectivity index (χ0) is 9.42. The number of fused-ring (bicyclic) bond motifs is 1. The summed E-state index contributed by atoms with van der Waals surface area (Å²) >= 11 is 5.69. The highest BCUT2D eigenvalue weighted by Crippen LogP contribution is 2.18. The summed E-state index contributed by atoms with van der Waals surface area (Å²) in [5, 5.41) is 4.13. The third-order valence-electron chi connectivity index (χ3n) is 1.47. The van der Waals surface area contributed by atoms with E-state index in [-0.39, 0.29) is 11.1 Å². The van der Waals surface area contributed by atoms with E-state index in [4.69, 9.17) is 22.1 Å². The average Bonchev–Trinajstić information content (AvgIpc) is 2.43. The highest BCUT2D eigenvalue weighted by atomic mass is 35.5. The number of rotatable bonds is 1. The van der Waals surface area contributed by atoms with Crippen LogP contribution in [0.1, 0.15) is 0 Å². The number of nitrogens with zero attached hydrogens (tertiary/aromatic N) is 4. The van der Waals surface area contributed by atoms with Crippen LogP contribution in [-0.4, -0.2) is 26.7 Å². The molecule has 0 saturated carbocycles. The van der Waals surface area contributed by atoms with Crippen molar-refractivity contribution in [3.8, 4) is 5.88 Å². The number of ether oxygens (including phenoxy) is 1. The third-order valence-corrected chi connectivity index (χ3v) is 1.65. The summed E-state index contributed by atoms with van der Waals surface area (Å²) in [5.74, 6) is 0.457. The minimum atomic E-state index is 0.155. The van der Waals surface area contributed by atoms with Crippen LogP contribution in [0.25, 0.3) is 5.65 Å². The van der Waals surface area contributed by atoms with Crippen molar-refractivity contribution in [1.82, 2.24) is 19.6 Å². The summed E-state index contributed by atoms with van der Waals surface area (Å²) in [6.45, 7) is 0. The van der Waals surface area contributed by atoms with E-state index in [2.05, 4.69) is 15.1 Å². The highest BCUT2D eigenvalue weighted by molar-refractivity contribution is 6.29. The van der Waals surface area contributed by atoms with Crippen LogP contribution in [0.3, 0.4) is 0 Å². The highest BCUT2D eigenvalue weighted by Gasteiger charge is 2.09. The van der Waals surface area contributed by atoms with Crippen LogP contribution >= 0.6 is 11.6 Å². The number of hydrogen-bond donors (Lipinski definition) is 1. The minimum absolute atomic E-state index is 0.155. The fourth-order valence-electron chi connectivity index (χ4n) is 0.989. The Morgan fingerprint density at radius 1 is 1.54 bits per heavy atom. The number of nitrogen functional groups attached to an aromatic ring is 1. The molecule has 0 spiro atoms. The first-order chi connectivity index (χ1) is 6.20. The molecule has 0 aliphatic heterocycles. The molecule has 2 aromatic heterocycles. The zero-order valence-electron chi connectivity index (χ0n) is 6.73. The maximum atomic E-state index is 5.69. The monoisotopic (exact) mass is 199 g/mol. The van der Waals surface area contributed by atoms with Crippen LogP contribution < -0.4 is 10.5 Å². The fourth-order valence-corrected chi connectivity index (χ4v) is 1.16. The van der Waals surface area contributed by atoms with Crippen LogP contribution in [0.15, 0.2) is 6.20 Å². The predicted octanol–water partition coefficient (Wildman–Crippen LogP) is 0.368. The van der Waals surface area contributed by atoms with Crippen LogP contribution in [-0.2, 0) is 0 Å². The molecule has 2 rings (SSSR count). The van der Waals surface area contributed by atoms with E-state index < -0.39 is 0 Å². The molecular weight excluding hydrogens is 194 g/mol. The lowest BCUT2D eigenvalue weighted by Crippen LogP contribution is -1.95. The van der Waals surface area contributed by atoms with Crippen molar-refractivity contribution < 1.29 is 4.74 Å². The van der Waals surface area contributed by atoms with Crippen LogP contribution in [0, 0.1) is 0 Å². The van der Waals surface area contributed by atoms with Gasteiger partial charge in [0, 0.05) is 0 Å². The van der Waals surface area contributed by atoms with Crippen molar-refractivity contribution in [2.45, 2.75) is 0 Å². The Morgan fingerprint density at radius 3 is 3.00 bits per heavy atom. The summed E-state index contributed by atoms with van der Waals surface area (Å²) in [6.07, 6.45) is 1.50. The Labute approximate surface area is 78.3 Å². The molecule has 68 valence electrons. The van der Waals surface area contributed by atoms with Gasteiger partial charge in [0.2, 0.25) is 11.6 Å². The van der Waals surface area contributed by atoms with Crippen molar-refractivity contribution in [2.75, 3.05) is 12.8 Å². The lowest BCUT2D eigenvalue weighted by atomic mass is 10.6. The predicted molar refractivity (Wildman–Crippen MR) is 46.8 cm³/mol. The lowest BCUT2D eigenvalue weighted by molar-refractivity contribution is 0.399. The van der Waals surface area contributed by atoms with Gasteiger partial charge in [-0.05, 0) is 0 Å². The van der Waals surface area contributed by atoms with Crippen molar-refractivity contribution in [1.29, 1.82) is 0 Å². The summed E-state index contributed by atoms with van der Waals surface area (Å²) in [7, 11) is 1.48. The molecule has 2 aromatic rings. The molecule has 13 heavy (non-hydrogen) atoms. The molecule has 7 heteroatoms. The smallest absolute Gasteiger partial charge is 0.261 e. The maximum absolute atomic E-state index is 5.69. The first-order valence-corrected chi connectivity index (χ1v) is 3.81. The molecule has 2 N–H and O–H groups in total. The molecule has 0 radical (unpaired) electrons. The fraction of sp³-hybridized carbons (Fsp3) is 0.167. The van der Waals surface area contributed by atoms with Gasteiger partial charge in [0.25, 0.3) is 5.88 Å². The van der Waals surface area contributed by atoms with Crippen LogP contribution in [0.4, 0.5) is 5.95 Å². The van der Waals surface area contributed by atoms with Gasteiger partial charge in [-0.1, -0.05) is 11.6 Å². The van der Waals surface area contributed by atoms with Gasteiger partial charge in [-0.15, -0.1) is 5.10 Å². The van der Waals surface area contributed by atoms with Gasteiger partial charge in [0.15, 0.2) is 5.15 Å². The summed E-state index contributed by atoms with van der Waals surface area (Å²) in [6, 6.07) is 0. The van der Waals surface area contributed by atoms with Gasteiger partial charge in [-0.3, -0.25) is 0 Å². The second-order valence-electron chi connectivity index (χ2n) is 2.31. The van der Waals surface area contributed by atoms with Gasteiger partial charge in [-0.25, -0.2) is 4.52 Å². The van der Waals surface area contributed by atoms with Gasteiger partial charge in [-0.2, -0.15) is 9.97 Å². The van der Waals surface area contributed by atoms with Crippen molar-refractivity contribution in [2.24, 2.45) is 0 Å². The topological polar surface area (TPSA) is 78.3 Å². The first kappa shape index (κ1) is 8.06. The quantitative estimate of drug-likeness (QED) is 0.718. The van der Waals surface area contributed by atoms with E-state index in [1.807, 2.05) is 0 Å². The molecule has 0 aromatic carbocycles. The SMILES string of the molecule is COc1nc(Cl)cn2nc(N)nc12. The maximum Gasteiger partial charge on any atom is 0.261 e. The number of nitrogens with two attached hydrogens (primary N) is 1. The lowest BCUT2D eigenvalue weighted by Gasteiger charge is -1.99. The normalized spacial score (nSPS) is 10.6. The zero-order valence-corrected chi connectivity index (χ0v) is 7.49. The molecule has 0 atom stereocenters. The molecule has 0 saturated heterocycles. The summed E-state index contributed by atoms with van der Waals surface area (Å²) < 4.78 is 6.37. The van der Waals surface area contributed by atoms with Crippen molar-refractivity contribution in [3.05, 3.63) is 11.3 Å². The van der Waals surface area contributed by atoms with Gasteiger partial charge in [0.1, 0.15) is 0 Å². The van der Waals surface area contributed by atoms with E-state index in [9.17, 15) is 0 Å². The van der Waals surface area contributed by atoms with Gasteiger partial charge in [0.05, 0.1) is 13.3 Å². The molecule has 0 amide bonds. The Hall–Kier alpha value is -1.56. The van der Waals surface area contributed by atoms with Crippen molar-refractivity contribution in [3.63, 3.8) is 0 Å². The van der Waals surface area contributed by atoms with Crippen molar-refractivity contribution >= 4 is 23.2 Å². The second-order valence-corrected chi connectivity index (χ2v) is 2.70. The van der Waals surface area contributed by atoms with E-state index in [1.165, 1.54) is 17.8 Å². The van der Waals surface area contributed by atoms with E-state index in [1.54, 1.807) is 0 Å². The van der Waals surface area contributed by atoms with Crippen LogP contribution in [0.2, 0.25) is 5.15 Å². The minimum Gasteiger partial charge on any atom is -0.478 e. The number of aromatic nitrogens is 4. The number of anilines is 1. The Kier molecular flexibility index (Phi) is 1.70. The summed E-state index contributed by atoms with van der Waals surface area (Å²) in [4.78, 5) is 7.81. The molecule has 0 aliphatic rings.